The van der Waals surface area contributed by atoms with E-state index in [0.717, 1.165) is 4.90 Å². The number of anilines is 1. The standard InChI is InChI=1S/C36H30ClN3O6/c1-2-8-19-9-6-14-25(30(19)41)29-23-15-16-24-28(33(44)40(31(24)42)35(38)46)26(23)18-27-32(43)39(22-13-7-12-21(37)17-22)34(45)36(27,29)20-10-4-3-5-11-20/h2-7,9-15,17,24,26-29,41H,1,8,16,18H2,(H2,38,46)/t24-,26+,27-,28-,29+,36+/m0/s1. The van der Waals surface area contributed by atoms with Gasteiger partial charge >= 0.3 is 6.03 Å². The van der Waals surface area contributed by atoms with E-state index in [-0.39, 0.29) is 18.6 Å². The number of likely N-dealkylation sites (tertiary alicyclic amines) is 1. The molecule has 0 radical (unpaired) electrons. The Kier molecular flexibility index (Phi) is 6.97. The summed E-state index contributed by atoms with van der Waals surface area (Å²) in [5.74, 6) is -6.78. The fraction of sp³-hybridized carbons (Fsp3) is 0.250. The monoisotopic (exact) mass is 635 g/mol. The molecule has 2 saturated heterocycles. The number of amides is 6. The van der Waals surface area contributed by atoms with E-state index >= 15 is 4.79 Å². The number of primary amides is 1. The number of hydrogen-bond donors (Lipinski definition) is 2. The fourth-order valence-electron chi connectivity index (χ4n) is 8.47. The molecule has 9 nitrogen and oxygen atoms in total. The number of para-hydroxylation sites is 1. The van der Waals surface area contributed by atoms with Gasteiger partial charge in [-0.3, -0.25) is 19.2 Å². The van der Waals surface area contributed by atoms with Gasteiger partial charge in [-0.1, -0.05) is 83.9 Å². The summed E-state index contributed by atoms with van der Waals surface area (Å²) >= 11 is 6.33. The van der Waals surface area contributed by atoms with Crippen LogP contribution in [0.2, 0.25) is 5.02 Å². The normalized spacial score (nSPS) is 28.5. The Morgan fingerprint density at radius 3 is 2.41 bits per heavy atom. The summed E-state index contributed by atoms with van der Waals surface area (Å²) in [6.45, 7) is 3.81. The van der Waals surface area contributed by atoms with Gasteiger partial charge in [0.1, 0.15) is 5.75 Å². The number of nitrogens with zero attached hydrogens (tertiary/aromatic N) is 2. The molecule has 2 heterocycles. The average molecular weight is 636 g/mol. The van der Waals surface area contributed by atoms with Crippen molar-refractivity contribution >= 4 is 46.9 Å². The van der Waals surface area contributed by atoms with Crippen LogP contribution in [0.15, 0.2) is 97.1 Å². The van der Waals surface area contributed by atoms with Crippen molar-refractivity contribution in [1.29, 1.82) is 0 Å². The smallest absolute Gasteiger partial charge is 0.328 e. The molecule has 0 bridgehead atoms. The zero-order chi connectivity index (χ0) is 32.5. The van der Waals surface area contributed by atoms with Crippen molar-refractivity contribution < 1.29 is 29.1 Å². The highest BCUT2D eigenvalue weighted by atomic mass is 35.5. The van der Waals surface area contributed by atoms with Gasteiger partial charge in [0.25, 0.3) is 0 Å². The van der Waals surface area contributed by atoms with Crippen LogP contribution >= 0.6 is 11.6 Å². The topological polar surface area (TPSA) is 138 Å². The van der Waals surface area contributed by atoms with E-state index in [0.29, 0.717) is 44.3 Å². The summed E-state index contributed by atoms with van der Waals surface area (Å²) in [5.41, 5.74) is 6.48. The second kappa shape index (κ2) is 10.8. The van der Waals surface area contributed by atoms with Crippen molar-refractivity contribution in [3.63, 3.8) is 0 Å². The minimum atomic E-state index is -1.53. The highest BCUT2D eigenvalue weighted by Gasteiger charge is 2.70. The molecule has 2 aliphatic carbocycles. The van der Waals surface area contributed by atoms with Crippen molar-refractivity contribution in [2.45, 2.75) is 30.6 Å². The quantitative estimate of drug-likeness (QED) is 0.298. The molecule has 3 aromatic carbocycles. The summed E-state index contributed by atoms with van der Waals surface area (Å²) in [4.78, 5) is 70.8. The molecular weight excluding hydrogens is 606 g/mol. The number of carbonyl (C=O) groups excluding carboxylic acids is 5. The summed E-state index contributed by atoms with van der Waals surface area (Å²) in [6.07, 6.45) is 4.05. The van der Waals surface area contributed by atoms with Gasteiger partial charge in [0.15, 0.2) is 0 Å². The van der Waals surface area contributed by atoms with Gasteiger partial charge in [-0.15, -0.1) is 6.58 Å². The van der Waals surface area contributed by atoms with Crippen LogP contribution in [0.25, 0.3) is 0 Å². The summed E-state index contributed by atoms with van der Waals surface area (Å²) in [5, 5.41) is 12.2. The van der Waals surface area contributed by atoms with Gasteiger partial charge < -0.3 is 10.8 Å². The predicted molar refractivity (Wildman–Crippen MR) is 170 cm³/mol. The van der Waals surface area contributed by atoms with E-state index in [9.17, 15) is 24.3 Å². The number of phenolic OH excluding ortho intramolecular Hbond substituents is 1. The van der Waals surface area contributed by atoms with Gasteiger partial charge in [-0.2, -0.15) is 4.90 Å². The molecule has 46 heavy (non-hydrogen) atoms. The Morgan fingerprint density at radius 2 is 1.72 bits per heavy atom. The Bertz CT molecular complexity index is 1890. The third-order valence-corrected chi connectivity index (χ3v) is 10.4. The average Bonchev–Trinajstić information content (AvgIpc) is 3.43. The number of hydrogen-bond acceptors (Lipinski definition) is 6. The van der Waals surface area contributed by atoms with Gasteiger partial charge in [-0.25, -0.2) is 9.69 Å². The maximum Gasteiger partial charge on any atom is 0.328 e. The summed E-state index contributed by atoms with van der Waals surface area (Å²) in [7, 11) is 0. The van der Waals surface area contributed by atoms with Gasteiger partial charge in [0.05, 0.1) is 28.9 Å². The first-order valence-electron chi connectivity index (χ1n) is 15.1. The molecule has 3 aromatic rings. The highest BCUT2D eigenvalue weighted by Crippen LogP contribution is 2.65. The molecule has 6 amide bonds. The number of rotatable bonds is 5. The molecule has 0 unspecified atom stereocenters. The van der Waals surface area contributed by atoms with Gasteiger partial charge in [-0.05, 0) is 54.5 Å². The SMILES string of the molecule is C=CCc1cccc([C@H]2C3=CC[C@@H]4C(=O)N(C(N)=O)C(=O)[C@@H]4[C@@H]3C[C@H]3C(=O)N(c4cccc(Cl)c4)C(=O)[C@@]23c2ccccc2)c1O. The molecule has 7 rings (SSSR count). The van der Waals surface area contributed by atoms with Crippen LogP contribution in [0.3, 0.4) is 0 Å². The van der Waals surface area contributed by atoms with Crippen molar-refractivity contribution in [3.8, 4) is 5.75 Å². The highest BCUT2D eigenvalue weighted by molar-refractivity contribution is 6.32. The first-order chi connectivity index (χ1) is 22.1. The summed E-state index contributed by atoms with van der Waals surface area (Å²) in [6, 6.07) is 19.7. The molecule has 232 valence electrons. The first-order valence-corrected chi connectivity index (χ1v) is 15.5. The molecule has 3 N–H and O–H groups in total. The van der Waals surface area contributed by atoms with E-state index in [1.807, 2.05) is 24.3 Å². The number of nitrogens with two attached hydrogens (primary N) is 1. The molecule has 6 atom stereocenters. The molecule has 1 saturated carbocycles. The van der Waals surface area contributed by atoms with E-state index in [2.05, 4.69) is 6.58 Å². The Hall–Kier alpha value is -5.02. The van der Waals surface area contributed by atoms with E-state index in [1.165, 1.54) is 0 Å². The minimum Gasteiger partial charge on any atom is -0.507 e. The number of phenols is 1. The number of urea groups is 1. The van der Waals surface area contributed by atoms with Crippen LogP contribution in [0, 0.1) is 23.7 Å². The lowest BCUT2D eigenvalue weighted by molar-refractivity contribution is -0.136. The van der Waals surface area contributed by atoms with Crippen molar-refractivity contribution in [2.75, 3.05) is 4.90 Å². The van der Waals surface area contributed by atoms with Crippen LogP contribution in [0.5, 0.6) is 5.75 Å². The molecule has 10 heteroatoms. The van der Waals surface area contributed by atoms with Crippen LogP contribution in [0.1, 0.15) is 35.4 Å². The second-order valence-corrected chi connectivity index (χ2v) is 12.7. The molecule has 0 spiro atoms. The van der Waals surface area contributed by atoms with Gasteiger partial charge in [0.2, 0.25) is 23.6 Å². The largest absolute Gasteiger partial charge is 0.507 e. The zero-order valence-electron chi connectivity index (χ0n) is 24.6. The third kappa shape index (κ3) is 3.97. The lowest BCUT2D eigenvalue weighted by Crippen LogP contribution is -2.53. The number of halogens is 1. The summed E-state index contributed by atoms with van der Waals surface area (Å²) < 4.78 is 0. The van der Waals surface area contributed by atoms with E-state index in [1.54, 1.807) is 60.7 Å². The Labute approximate surface area is 269 Å². The van der Waals surface area contributed by atoms with E-state index in [4.69, 9.17) is 17.3 Å². The maximum absolute atomic E-state index is 15.2. The number of aromatic hydroxyl groups is 1. The van der Waals surface area contributed by atoms with Crippen LogP contribution < -0.4 is 10.6 Å². The fourth-order valence-corrected chi connectivity index (χ4v) is 8.65. The zero-order valence-corrected chi connectivity index (χ0v) is 25.4. The molecule has 2 aliphatic heterocycles. The minimum absolute atomic E-state index is 0.0424. The lowest BCUT2D eigenvalue weighted by Gasteiger charge is -2.50. The van der Waals surface area contributed by atoms with Crippen molar-refractivity contribution in [2.24, 2.45) is 29.4 Å². The molecule has 3 fully saturated rings. The number of carbonyl (C=O) groups is 5. The first kappa shape index (κ1) is 29.7. The number of benzene rings is 3. The number of allylic oxidation sites excluding steroid dienone is 3. The van der Waals surface area contributed by atoms with Gasteiger partial charge in [0, 0.05) is 16.5 Å². The molecule has 4 aliphatic rings. The van der Waals surface area contributed by atoms with Crippen molar-refractivity contribution in [3.05, 3.63) is 119 Å². The Balaban J connectivity index is 1.53. The molecular formula is C36H30ClN3O6. The van der Waals surface area contributed by atoms with Crippen molar-refractivity contribution in [1.82, 2.24) is 4.90 Å². The predicted octanol–water partition coefficient (Wildman–Crippen LogP) is 5.02. The lowest BCUT2D eigenvalue weighted by atomic mass is 9.49. The van der Waals surface area contributed by atoms with Crippen LogP contribution in [-0.2, 0) is 31.0 Å². The number of imide groups is 4. The number of fused-ring (bicyclic) bond motifs is 4. The van der Waals surface area contributed by atoms with Crippen LogP contribution in [0.4, 0.5) is 10.5 Å². The van der Waals surface area contributed by atoms with Crippen LogP contribution in [-0.4, -0.2) is 39.7 Å². The second-order valence-electron chi connectivity index (χ2n) is 12.3. The molecule has 0 aromatic heterocycles. The van der Waals surface area contributed by atoms with E-state index < -0.39 is 64.7 Å². The third-order valence-electron chi connectivity index (χ3n) is 10.2. The maximum atomic E-state index is 15.2. The Morgan fingerprint density at radius 1 is 0.978 bits per heavy atom.